The number of carbonyl (C=O) groups excluding carboxylic acids is 1. The van der Waals surface area contributed by atoms with Gasteiger partial charge in [0.25, 0.3) is 0 Å². The molecule has 1 aliphatic carbocycles. The van der Waals surface area contributed by atoms with Crippen molar-refractivity contribution in [3.63, 3.8) is 0 Å². The molecule has 1 aliphatic heterocycles. The summed E-state index contributed by atoms with van der Waals surface area (Å²) in [5, 5.41) is 0.929. The predicted molar refractivity (Wildman–Crippen MR) is 132 cm³/mol. The Morgan fingerprint density at radius 1 is 1.15 bits per heavy atom. The van der Waals surface area contributed by atoms with Crippen LogP contribution in [0.3, 0.4) is 0 Å². The molecule has 2 aliphatic rings. The maximum absolute atomic E-state index is 9.93. The van der Waals surface area contributed by atoms with Gasteiger partial charge in [-0.15, -0.1) is 6.42 Å². The number of carbonyl (C=O) groups is 1. The van der Waals surface area contributed by atoms with Crippen molar-refractivity contribution in [1.29, 1.82) is 0 Å². The molecule has 7 heteroatoms. The molecule has 0 bridgehead atoms. The van der Waals surface area contributed by atoms with Crippen molar-refractivity contribution in [2.24, 2.45) is 7.05 Å². The molecule has 0 atom stereocenters. The van der Waals surface area contributed by atoms with E-state index in [1.54, 1.807) is 4.90 Å². The van der Waals surface area contributed by atoms with Gasteiger partial charge < -0.3 is 15.2 Å². The zero-order valence-electron chi connectivity index (χ0n) is 19.3. The Balaban J connectivity index is 0.000000318. The summed E-state index contributed by atoms with van der Waals surface area (Å²) in [4.78, 5) is 24.9. The molecule has 0 spiro atoms. The van der Waals surface area contributed by atoms with Crippen LogP contribution in [0.4, 0.5) is 5.82 Å². The van der Waals surface area contributed by atoms with Crippen LogP contribution < -0.4 is 5.73 Å². The first-order valence-corrected chi connectivity index (χ1v) is 11.5. The molecule has 5 rings (SSSR count). The van der Waals surface area contributed by atoms with Crippen LogP contribution in [0.5, 0.6) is 0 Å². The Bertz CT molecular complexity index is 1240. The number of amides is 1. The third kappa shape index (κ3) is 4.47. The zero-order chi connectivity index (χ0) is 23.4. The number of allylic oxidation sites excluding steroid dienone is 2. The van der Waals surface area contributed by atoms with Crippen LogP contribution in [-0.2, 0) is 11.8 Å². The van der Waals surface area contributed by atoms with Gasteiger partial charge in [0.05, 0.1) is 11.1 Å². The molecule has 3 aromatic rings. The minimum Gasteiger partial charge on any atom is -0.383 e. The van der Waals surface area contributed by atoms with Crippen molar-refractivity contribution in [3.8, 4) is 23.6 Å². The van der Waals surface area contributed by atoms with Gasteiger partial charge in [0.15, 0.2) is 0 Å². The second-order valence-corrected chi connectivity index (χ2v) is 8.59. The Kier molecular flexibility index (Phi) is 6.74. The molecule has 1 saturated heterocycles. The molecule has 7 nitrogen and oxygen atoms in total. The predicted octanol–water partition coefficient (Wildman–Crippen LogP) is 4.10. The van der Waals surface area contributed by atoms with Crippen LogP contribution in [0.2, 0.25) is 0 Å². The van der Waals surface area contributed by atoms with E-state index < -0.39 is 0 Å². The minimum absolute atomic E-state index is 0.518. The molecule has 1 amide bonds. The van der Waals surface area contributed by atoms with Gasteiger partial charge in [-0.25, -0.2) is 15.0 Å². The summed E-state index contributed by atoms with van der Waals surface area (Å²) < 4.78 is 2.09. The first kappa shape index (κ1) is 22.5. The van der Waals surface area contributed by atoms with E-state index in [2.05, 4.69) is 38.4 Å². The maximum Gasteiger partial charge on any atom is 0.209 e. The highest BCUT2D eigenvalue weighted by atomic mass is 16.1. The fraction of sp³-hybridized carbons (Fsp3) is 0.385. The largest absolute Gasteiger partial charge is 0.383 e. The molecule has 0 aromatic carbocycles. The van der Waals surface area contributed by atoms with E-state index in [0.29, 0.717) is 11.5 Å². The Morgan fingerprint density at radius 3 is 2.55 bits per heavy atom. The van der Waals surface area contributed by atoms with E-state index in [9.17, 15) is 4.79 Å². The average Bonchev–Trinajstić information content (AvgIpc) is 3.47. The molecule has 3 aromatic heterocycles. The van der Waals surface area contributed by atoms with Gasteiger partial charge in [-0.2, -0.15) is 0 Å². The fourth-order valence-corrected chi connectivity index (χ4v) is 4.70. The Hall–Kier alpha value is -3.66. The van der Waals surface area contributed by atoms with E-state index >= 15 is 0 Å². The molecule has 170 valence electrons. The molecule has 0 radical (unpaired) electrons. The normalized spacial score (nSPS) is 15.5. The van der Waals surface area contributed by atoms with Crippen LogP contribution in [-0.4, -0.2) is 43.9 Å². The standard InChI is InChI=1S/C21H21N5.C5H9NO/c1-4-15-10-13(2)16(11-23-15)19-17(14-8-6-5-7-9-14)18-20(22)24-12-25-21(18)26(19)3;7-5-6-3-1-2-4-6/h1,8,10-12H,5-7,9H2,2-3H3,(H2,22,24,25);5H,1-4H2. The molecule has 0 unspecified atom stereocenters. The summed E-state index contributed by atoms with van der Waals surface area (Å²) in [7, 11) is 2.02. The smallest absolute Gasteiger partial charge is 0.209 e. The Morgan fingerprint density at radius 2 is 1.94 bits per heavy atom. The molecule has 2 N–H and O–H groups in total. The van der Waals surface area contributed by atoms with Crippen LogP contribution in [0.1, 0.15) is 55.3 Å². The van der Waals surface area contributed by atoms with Crippen LogP contribution in [0.15, 0.2) is 24.7 Å². The lowest BCUT2D eigenvalue weighted by atomic mass is 9.90. The van der Waals surface area contributed by atoms with E-state index in [0.717, 1.165) is 65.8 Å². The van der Waals surface area contributed by atoms with Crippen molar-refractivity contribution in [3.05, 3.63) is 41.5 Å². The number of anilines is 1. The number of aromatic nitrogens is 4. The first-order chi connectivity index (χ1) is 16.0. The third-order valence-corrected chi connectivity index (χ3v) is 6.41. The van der Waals surface area contributed by atoms with E-state index in [1.807, 2.05) is 19.3 Å². The lowest BCUT2D eigenvalue weighted by Gasteiger charge is -2.16. The highest BCUT2D eigenvalue weighted by Crippen LogP contribution is 2.42. The number of fused-ring (bicyclic) bond motifs is 1. The monoisotopic (exact) mass is 442 g/mol. The quantitative estimate of drug-likeness (QED) is 0.487. The molecule has 4 heterocycles. The van der Waals surface area contributed by atoms with Gasteiger partial charge >= 0.3 is 0 Å². The average molecular weight is 443 g/mol. The topological polar surface area (TPSA) is 89.9 Å². The number of pyridine rings is 1. The summed E-state index contributed by atoms with van der Waals surface area (Å²) >= 11 is 0. The van der Waals surface area contributed by atoms with Gasteiger partial charge in [-0.05, 0) is 62.7 Å². The van der Waals surface area contributed by atoms with Crippen LogP contribution in [0.25, 0.3) is 27.9 Å². The lowest BCUT2D eigenvalue weighted by Crippen LogP contribution is -2.15. The van der Waals surface area contributed by atoms with E-state index in [-0.39, 0.29) is 0 Å². The highest BCUT2D eigenvalue weighted by Gasteiger charge is 2.24. The lowest BCUT2D eigenvalue weighted by molar-refractivity contribution is -0.117. The number of rotatable bonds is 3. The first-order valence-electron chi connectivity index (χ1n) is 11.5. The second kappa shape index (κ2) is 9.86. The number of nitrogens with zero attached hydrogens (tertiary/aromatic N) is 5. The molecule has 0 saturated carbocycles. The number of nitrogens with two attached hydrogens (primary N) is 1. The maximum atomic E-state index is 9.93. The number of nitrogen functional groups attached to an aromatic ring is 1. The summed E-state index contributed by atoms with van der Waals surface area (Å²) in [6.07, 6.45) is 19.1. The van der Waals surface area contributed by atoms with Gasteiger partial charge in [0.1, 0.15) is 23.5 Å². The van der Waals surface area contributed by atoms with Gasteiger partial charge in [0, 0.05) is 37.5 Å². The molecular weight excluding hydrogens is 412 g/mol. The van der Waals surface area contributed by atoms with Gasteiger partial charge in [0.2, 0.25) is 6.41 Å². The number of terminal acetylenes is 1. The number of hydrogen-bond acceptors (Lipinski definition) is 5. The summed E-state index contributed by atoms with van der Waals surface area (Å²) in [6, 6.07) is 1.95. The second-order valence-electron chi connectivity index (χ2n) is 8.59. The molecule has 33 heavy (non-hydrogen) atoms. The van der Waals surface area contributed by atoms with E-state index in [4.69, 9.17) is 12.2 Å². The van der Waals surface area contributed by atoms with Crippen molar-refractivity contribution < 1.29 is 4.79 Å². The molecule has 1 fully saturated rings. The zero-order valence-corrected chi connectivity index (χ0v) is 19.3. The number of aryl methyl sites for hydroxylation is 2. The fourth-order valence-electron chi connectivity index (χ4n) is 4.70. The summed E-state index contributed by atoms with van der Waals surface area (Å²) in [6.45, 7) is 4.01. The summed E-state index contributed by atoms with van der Waals surface area (Å²) in [5.41, 5.74) is 13.4. The van der Waals surface area contributed by atoms with Crippen molar-refractivity contribution >= 4 is 28.8 Å². The highest BCUT2D eigenvalue weighted by molar-refractivity contribution is 6.04. The van der Waals surface area contributed by atoms with E-state index in [1.165, 1.54) is 37.6 Å². The SMILES string of the molecule is C#Cc1cc(C)c(-c2c(C3=CCCCC3)c3c(N)ncnc3n2C)cn1.O=CN1CCCC1. The third-order valence-electron chi connectivity index (χ3n) is 6.41. The van der Waals surface area contributed by atoms with Gasteiger partial charge in [-0.1, -0.05) is 12.0 Å². The molecular formula is C26H30N6O. The van der Waals surface area contributed by atoms with Gasteiger partial charge in [-0.3, -0.25) is 4.79 Å². The van der Waals surface area contributed by atoms with Crippen molar-refractivity contribution in [2.45, 2.75) is 45.4 Å². The van der Waals surface area contributed by atoms with Crippen molar-refractivity contribution in [1.82, 2.24) is 24.4 Å². The Labute approximate surface area is 194 Å². The minimum atomic E-state index is 0.518. The van der Waals surface area contributed by atoms with Crippen molar-refractivity contribution in [2.75, 3.05) is 18.8 Å². The number of hydrogen-bond donors (Lipinski definition) is 1. The summed E-state index contributed by atoms with van der Waals surface area (Å²) in [5.74, 6) is 3.12. The van der Waals surface area contributed by atoms with Crippen LogP contribution >= 0.6 is 0 Å². The number of likely N-dealkylation sites (tertiary alicyclic amines) is 1. The van der Waals surface area contributed by atoms with Crippen LogP contribution in [0, 0.1) is 19.3 Å².